The Labute approximate surface area is 199 Å². The van der Waals surface area contributed by atoms with Crippen molar-refractivity contribution in [2.45, 2.75) is 6.42 Å². The van der Waals surface area contributed by atoms with E-state index in [2.05, 4.69) is 34.6 Å². The molecule has 1 unspecified atom stereocenters. The summed E-state index contributed by atoms with van der Waals surface area (Å²) in [5.41, 5.74) is 2.35. The summed E-state index contributed by atoms with van der Waals surface area (Å²) >= 11 is 7.48. The van der Waals surface area contributed by atoms with Crippen LogP contribution in [0.3, 0.4) is 0 Å². The first-order valence-corrected chi connectivity index (χ1v) is 11.7. The Morgan fingerprint density at radius 1 is 1.15 bits per heavy atom. The second-order valence-corrected chi connectivity index (χ2v) is 9.11. The molecule has 33 heavy (non-hydrogen) atoms. The monoisotopic (exact) mass is 477 g/mol. The molecule has 6 nitrogen and oxygen atoms in total. The van der Waals surface area contributed by atoms with Crippen molar-refractivity contribution in [3.63, 3.8) is 0 Å². The van der Waals surface area contributed by atoms with Crippen molar-refractivity contribution < 1.29 is 14.3 Å². The molecule has 166 valence electrons. The molecule has 0 aliphatic carbocycles. The minimum atomic E-state index is -0.491. The van der Waals surface area contributed by atoms with Gasteiger partial charge in [0, 0.05) is 28.9 Å². The number of fused-ring (bicyclic) bond motifs is 1. The van der Waals surface area contributed by atoms with Gasteiger partial charge in [0.05, 0.1) is 24.4 Å². The van der Waals surface area contributed by atoms with Crippen LogP contribution in [0, 0.1) is 5.92 Å². The number of halogens is 1. The summed E-state index contributed by atoms with van der Waals surface area (Å²) in [4.78, 5) is 31.7. The van der Waals surface area contributed by atoms with E-state index in [9.17, 15) is 9.59 Å². The number of carbonyl (C=O) groups excluding carboxylic acids is 2. The van der Waals surface area contributed by atoms with Crippen molar-refractivity contribution in [3.05, 3.63) is 71.1 Å². The van der Waals surface area contributed by atoms with E-state index in [0.29, 0.717) is 21.6 Å². The number of nitrogens with zero attached hydrogens (tertiary/aromatic N) is 2. The third-order valence-electron chi connectivity index (χ3n) is 5.71. The first-order valence-electron chi connectivity index (χ1n) is 10.4. The molecule has 4 aromatic rings. The van der Waals surface area contributed by atoms with Gasteiger partial charge in [0.2, 0.25) is 11.8 Å². The number of nitrogens with one attached hydrogen (secondary N) is 1. The number of rotatable bonds is 5. The van der Waals surface area contributed by atoms with Gasteiger partial charge in [-0.15, -0.1) is 11.3 Å². The zero-order chi connectivity index (χ0) is 22.9. The van der Waals surface area contributed by atoms with Crippen LogP contribution in [0.2, 0.25) is 5.02 Å². The Hall–Kier alpha value is -3.42. The lowest BCUT2D eigenvalue weighted by Crippen LogP contribution is -2.28. The van der Waals surface area contributed by atoms with Gasteiger partial charge in [0.25, 0.3) is 0 Å². The molecular weight excluding hydrogens is 458 g/mol. The van der Waals surface area contributed by atoms with E-state index in [0.717, 1.165) is 22.0 Å². The molecule has 3 aromatic carbocycles. The van der Waals surface area contributed by atoms with Gasteiger partial charge in [-0.05, 0) is 35.0 Å². The molecule has 1 fully saturated rings. The van der Waals surface area contributed by atoms with Gasteiger partial charge in [0.15, 0.2) is 5.13 Å². The molecule has 1 atom stereocenters. The van der Waals surface area contributed by atoms with Crippen LogP contribution in [-0.2, 0) is 9.59 Å². The molecule has 1 saturated heterocycles. The third-order valence-corrected chi connectivity index (χ3v) is 6.70. The first kappa shape index (κ1) is 21.4. The number of carbonyl (C=O) groups is 2. The minimum absolute atomic E-state index is 0.115. The second kappa shape index (κ2) is 8.84. The SMILES string of the molecule is COc1ccc(Cl)cc1N1CC(C(=O)Nc2nc(-c3ccc4ccccc4c3)cs2)CC1=O. The number of thiazole rings is 1. The Morgan fingerprint density at radius 3 is 2.79 bits per heavy atom. The number of ether oxygens (including phenoxy) is 1. The van der Waals surface area contributed by atoms with E-state index < -0.39 is 5.92 Å². The average molecular weight is 478 g/mol. The maximum Gasteiger partial charge on any atom is 0.231 e. The van der Waals surface area contributed by atoms with Crippen LogP contribution in [0.15, 0.2) is 66.0 Å². The van der Waals surface area contributed by atoms with Crippen molar-refractivity contribution in [2.75, 3.05) is 23.9 Å². The highest BCUT2D eigenvalue weighted by atomic mass is 35.5. The molecule has 5 rings (SSSR count). The van der Waals surface area contributed by atoms with Crippen LogP contribution < -0.4 is 15.0 Å². The highest BCUT2D eigenvalue weighted by Crippen LogP contribution is 2.36. The Kier molecular flexibility index (Phi) is 5.74. The third kappa shape index (κ3) is 4.29. The standard InChI is InChI=1S/C25H20ClN3O3S/c1-32-22-9-8-19(26)12-21(22)29-13-18(11-23(29)30)24(31)28-25-27-20(14-33-25)17-7-6-15-4-2-3-5-16(15)10-17/h2-10,12,14,18H,11,13H2,1H3,(H,27,28,31). The van der Waals surface area contributed by atoms with Crippen molar-refractivity contribution in [2.24, 2.45) is 5.92 Å². The summed E-state index contributed by atoms with van der Waals surface area (Å²) in [5.74, 6) is -0.332. The van der Waals surface area contributed by atoms with Gasteiger partial charge in [-0.1, -0.05) is 48.0 Å². The largest absolute Gasteiger partial charge is 0.495 e. The zero-order valence-corrected chi connectivity index (χ0v) is 19.3. The minimum Gasteiger partial charge on any atom is -0.495 e. The van der Waals surface area contributed by atoms with Gasteiger partial charge in [0.1, 0.15) is 5.75 Å². The van der Waals surface area contributed by atoms with Gasteiger partial charge < -0.3 is 15.0 Å². The van der Waals surface area contributed by atoms with Crippen LogP contribution in [0.5, 0.6) is 5.75 Å². The molecule has 0 spiro atoms. The van der Waals surface area contributed by atoms with Gasteiger partial charge >= 0.3 is 0 Å². The number of hydrogen-bond acceptors (Lipinski definition) is 5. The number of aromatic nitrogens is 1. The lowest BCUT2D eigenvalue weighted by atomic mass is 10.1. The fourth-order valence-corrected chi connectivity index (χ4v) is 4.90. The summed E-state index contributed by atoms with van der Waals surface area (Å²) in [6, 6.07) is 19.4. The van der Waals surface area contributed by atoms with Gasteiger partial charge in [-0.25, -0.2) is 4.98 Å². The van der Waals surface area contributed by atoms with E-state index in [1.54, 1.807) is 23.1 Å². The van der Waals surface area contributed by atoms with Crippen LogP contribution in [-0.4, -0.2) is 30.5 Å². The smallest absolute Gasteiger partial charge is 0.231 e. The molecule has 1 aliphatic rings. The Bertz CT molecular complexity index is 1370. The van der Waals surface area contributed by atoms with Crippen molar-refractivity contribution in [1.29, 1.82) is 0 Å². The predicted molar refractivity (Wildman–Crippen MR) is 132 cm³/mol. The number of hydrogen-bond donors (Lipinski definition) is 1. The highest BCUT2D eigenvalue weighted by molar-refractivity contribution is 7.14. The second-order valence-electron chi connectivity index (χ2n) is 7.81. The van der Waals surface area contributed by atoms with E-state index in [-0.39, 0.29) is 24.8 Å². The summed E-state index contributed by atoms with van der Waals surface area (Å²) < 4.78 is 5.36. The maximum absolute atomic E-state index is 12.9. The lowest BCUT2D eigenvalue weighted by Gasteiger charge is -2.19. The molecular formula is C25H20ClN3O3S. The average Bonchev–Trinajstić information content (AvgIpc) is 3.45. The fourth-order valence-electron chi connectivity index (χ4n) is 4.01. The molecule has 2 amide bonds. The first-order chi connectivity index (χ1) is 16.0. The maximum atomic E-state index is 12.9. The topological polar surface area (TPSA) is 71.5 Å². The zero-order valence-electron chi connectivity index (χ0n) is 17.7. The number of anilines is 2. The quantitative estimate of drug-likeness (QED) is 0.405. The van der Waals surface area contributed by atoms with Crippen LogP contribution >= 0.6 is 22.9 Å². The number of amides is 2. The van der Waals surface area contributed by atoms with Gasteiger partial charge in [-0.3, -0.25) is 9.59 Å². The molecule has 1 aliphatic heterocycles. The fraction of sp³-hybridized carbons (Fsp3) is 0.160. The van der Waals surface area contributed by atoms with Crippen molar-refractivity contribution >= 4 is 56.3 Å². The number of methoxy groups -OCH3 is 1. The van der Waals surface area contributed by atoms with E-state index >= 15 is 0 Å². The van der Waals surface area contributed by atoms with Crippen molar-refractivity contribution in [1.82, 2.24) is 4.98 Å². The van der Waals surface area contributed by atoms with Crippen LogP contribution in [0.25, 0.3) is 22.0 Å². The van der Waals surface area contributed by atoms with E-state index in [1.165, 1.54) is 18.4 Å². The van der Waals surface area contributed by atoms with Crippen molar-refractivity contribution in [3.8, 4) is 17.0 Å². The number of benzene rings is 3. The van der Waals surface area contributed by atoms with E-state index in [4.69, 9.17) is 16.3 Å². The molecule has 8 heteroatoms. The molecule has 1 aromatic heterocycles. The van der Waals surface area contributed by atoms with Crippen LogP contribution in [0.1, 0.15) is 6.42 Å². The molecule has 0 saturated carbocycles. The highest BCUT2D eigenvalue weighted by Gasteiger charge is 2.36. The Balaban J connectivity index is 1.30. The molecule has 0 bridgehead atoms. The lowest BCUT2D eigenvalue weighted by molar-refractivity contribution is -0.122. The normalized spacial score (nSPS) is 15.8. The predicted octanol–water partition coefficient (Wildman–Crippen LogP) is 5.62. The summed E-state index contributed by atoms with van der Waals surface area (Å²) in [6.07, 6.45) is 0.115. The molecule has 1 N–H and O–H groups in total. The van der Waals surface area contributed by atoms with Crippen LogP contribution in [0.4, 0.5) is 10.8 Å². The summed E-state index contributed by atoms with van der Waals surface area (Å²) in [6.45, 7) is 0.254. The summed E-state index contributed by atoms with van der Waals surface area (Å²) in [5, 5.41) is 8.10. The molecule has 0 radical (unpaired) electrons. The Morgan fingerprint density at radius 2 is 1.97 bits per heavy atom. The van der Waals surface area contributed by atoms with Gasteiger partial charge in [-0.2, -0.15) is 0 Å². The molecule has 2 heterocycles. The van der Waals surface area contributed by atoms with E-state index in [1.807, 2.05) is 23.6 Å². The summed E-state index contributed by atoms with van der Waals surface area (Å²) in [7, 11) is 1.53.